The number of amides is 1. The molecule has 29 heavy (non-hydrogen) atoms. The van der Waals surface area contributed by atoms with Gasteiger partial charge >= 0.3 is 0 Å². The van der Waals surface area contributed by atoms with Gasteiger partial charge in [0.05, 0.1) is 12.2 Å². The number of carbonyl (C=O) groups is 1. The number of hydrogen-bond acceptors (Lipinski definition) is 5. The van der Waals surface area contributed by atoms with Gasteiger partial charge in [0, 0.05) is 42.2 Å². The number of halogens is 1. The van der Waals surface area contributed by atoms with Crippen molar-refractivity contribution in [1.82, 2.24) is 14.4 Å². The van der Waals surface area contributed by atoms with Crippen LogP contribution in [0, 0.1) is 0 Å². The molecule has 1 aliphatic heterocycles. The van der Waals surface area contributed by atoms with E-state index in [9.17, 15) is 9.90 Å². The summed E-state index contributed by atoms with van der Waals surface area (Å²) in [6.07, 6.45) is 0. The van der Waals surface area contributed by atoms with Crippen LogP contribution in [0.25, 0.3) is 10.9 Å². The minimum atomic E-state index is -0.489. The molecular weight excluding hydrogens is 390 g/mol. The Labute approximate surface area is 173 Å². The summed E-state index contributed by atoms with van der Waals surface area (Å²) in [6.45, 7) is 4.38. The van der Waals surface area contributed by atoms with Gasteiger partial charge in [-0.25, -0.2) is 0 Å². The van der Waals surface area contributed by atoms with E-state index >= 15 is 0 Å². The number of fused-ring (bicyclic) bond motifs is 1. The average molecular weight is 412 g/mol. The first-order valence-corrected chi connectivity index (χ1v) is 9.83. The highest BCUT2D eigenvalue weighted by Gasteiger charge is 2.20. The number of aromatic hydroxyl groups is 1. The number of nitrogens with zero attached hydrogens (tertiary/aromatic N) is 5. The Morgan fingerprint density at radius 3 is 2.48 bits per heavy atom. The summed E-state index contributed by atoms with van der Waals surface area (Å²) in [7, 11) is 2.11. The van der Waals surface area contributed by atoms with Crippen molar-refractivity contribution < 1.29 is 9.90 Å². The zero-order valence-electron chi connectivity index (χ0n) is 16.1. The molecule has 0 bridgehead atoms. The number of piperazine rings is 1. The van der Waals surface area contributed by atoms with E-state index in [0.29, 0.717) is 22.9 Å². The fourth-order valence-corrected chi connectivity index (χ4v) is 3.57. The zero-order chi connectivity index (χ0) is 20.4. The Balaban J connectivity index is 1.63. The lowest BCUT2D eigenvalue weighted by molar-refractivity contribution is 0.0995. The van der Waals surface area contributed by atoms with Gasteiger partial charge < -0.3 is 10.0 Å². The Bertz CT molecular complexity index is 1050. The molecule has 0 saturated carbocycles. The molecule has 4 rings (SSSR count). The molecular formula is C21H22ClN5O2. The normalized spacial score (nSPS) is 16.1. The van der Waals surface area contributed by atoms with E-state index in [-0.39, 0.29) is 5.88 Å². The molecule has 150 valence electrons. The molecule has 1 saturated heterocycles. The largest absolute Gasteiger partial charge is 0.493 e. The summed E-state index contributed by atoms with van der Waals surface area (Å²) in [5, 5.41) is 20.1. The van der Waals surface area contributed by atoms with Gasteiger partial charge in [0.15, 0.2) is 5.69 Å². The molecule has 0 unspecified atom stereocenters. The maximum absolute atomic E-state index is 12.3. The molecule has 1 aromatic heterocycles. The van der Waals surface area contributed by atoms with Crippen LogP contribution in [0.1, 0.15) is 10.4 Å². The summed E-state index contributed by atoms with van der Waals surface area (Å²) >= 11 is 5.86. The smallest absolute Gasteiger partial charge is 0.295 e. The fourth-order valence-electron chi connectivity index (χ4n) is 3.45. The number of aromatic nitrogens is 1. The topological polar surface area (TPSA) is 73.4 Å². The van der Waals surface area contributed by atoms with Crippen LogP contribution in [-0.2, 0) is 6.67 Å². The quantitative estimate of drug-likeness (QED) is 0.655. The van der Waals surface area contributed by atoms with Gasteiger partial charge in [-0.05, 0) is 37.4 Å². The average Bonchev–Trinajstić information content (AvgIpc) is 2.99. The van der Waals surface area contributed by atoms with E-state index in [1.54, 1.807) is 24.3 Å². The maximum Gasteiger partial charge on any atom is 0.295 e. The van der Waals surface area contributed by atoms with Gasteiger partial charge in [-0.15, -0.1) is 10.2 Å². The molecule has 3 aromatic rings. The van der Waals surface area contributed by atoms with Crippen molar-refractivity contribution in [3.63, 3.8) is 0 Å². The lowest BCUT2D eigenvalue weighted by Crippen LogP contribution is -2.44. The molecule has 2 aromatic carbocycles. The van der Waals surface area contributed by atoms with Gasteiger partial charge in [0.25, 0.3) is 5.91 Å². The molecule has 2 heterocycles. The summed E-state index contributed by atoms with van der Waals surface area (Å²) in [5.41, 5.74) is 1.55. The number of para-hydroxylation sites is 1. The van der Waals surface area contributed by atoms with E-state index in [1.807, 2.05) is 28.8 Å². The molecule has 0 atom stereocenters. The van der Waals surface area contributed by atoms with Gasteiger partial charge in [-0.1, -0.05) is 29.8 Å². The summed E-state index contributed by atoms with van der Waals surface area (Å²) in [6, 6.07) is 14.1. The Morgan fingerprint density at radius 2 is 1.76 bits per heavy atom. The minimum absolute atomic E-state index is 0.0118. The number of hydrogen-bond donors (Lipinski definition) is 1. The summed E-state index contributed by atoms with van der Waals surface area (Å²) in [5.74, 6) is -0.477. The second-order valence-electron chi connectivity index (χ2n) is 7.19. The fraction of sp³-hybridized carbons (Fsp3) is 0.286. The van der Waals surface area contributed by atoms with Crippen LogP contribution in [-0.4, -0.2) is 58.6 Å². The van der Waals surface area contributed by atoms with Gasteiger partial charge in [0.1, 0.15) is 0 Å². The molecule has 8 heteroatoms. The highest BCUT2D eigenvalue weighted by Crippen LogP contribution is 2.39. The number of likely N-dealkylation sites (N-methyl/N-ethyl adjacent to an activating group) is 1. The molecule has 0 aliphatic carbocycles. The first-order chi connectivity index (χ1) is 14.0. The van der Waals surface area contributed by atoms with Crippen LogP contribution in [0.15, 0.2) is 58.8 Å². The zero-order valence-corrected chi connectivity index (χ0v) is 16.9. The lowest BCUT2D eigenvalue weighted by atomic mass is 10.2. The summed E-state index contributed by atoms with van der Waals surface area (Å²) in [4.78, 5) is 16.9. The number of azo groups is 1. The Hall–Kier alpha value is -2.74. The van der Waals surface area contributed by atoms with Crippen molar-refractivity contribution in [2.24, 2.45) is 10.2 Å². The molecule has 1 fully saturated rings. The van der Waals surface area contributed by atoms with Gasteiger partial charge in [-0.3, -0.25) is 14.3 Å². The van der Waals surface area contributed by atoms with E-state index in [4.69, 9.17) is 11.6 Å². The number of carbonyl (C=O) groups excluding carboxylic acids is 1. The third-order valence-corrected chi connectivity index (χ3v) is 5.44. The van der Waals surface area contributed by atoms with Crippen LogP contribution in [0.3, 0.4) is 0 Å². The van der Waals surface area contributed by atoms with E-state index in [1.165, 1.54) is 0 Å². The third kappa shape index (κ3) is 4.17. The van der Waals surface area contributed by atoms with Crippen molar-refractivity contribution in [3.8, 4) is 5.88 Å². The van der Waals surface area contributed by atoms with E-state index in [2.05, 4.69) is 27.1 Å². The van der Waals surface area contributed by atoms with Crippen LogP contribution >= 0.6 is 11.6 Å². The van der Waals surface area contributed by atoms with Crippen LogP contribution < -0.4 is 0 Å². The molecule has 7 nitrogen and oxygen atoms in total. The molecule has 1 N–H and O–H groups in total. The highest BCUT2D eigenvalue weighted by molar-refractivity contribution is 6.30. The van der Waals surface area contributed by atoms with Crippen molar-refractivity contribution in [2.45, 2.75) is 6.67 Å². The maximum atomic E-state index is 12.3. The first-order valence-electron chi connectivity index (χ1n) is 9.45. The summed E-state index contributed by atoms with van der Waals surface area (Å²) < 4.78 is 1.82. The highest BCUT2D eigenvalue weighted by atomic mass is 35.5. The minimum Gasteiger partial charge on any atom is -0.493 e. The SMILES string of the molecule is CN1CCN(Cn2c(O)c(N=NC(=O)c3ccc(Cl)cc3)c3ccccc32)CC1. The van der Waals surface area contributed by atoms with Crippen LogP contribution in [0.2, 0.25) is 5.02 Å². The molecule has 0 radical (unpaired) electrons. The van der Waals surface area contributed by atoms with E-state index < -0.39 is 5.91 Å². The predicted octanol–water partition coefficient (Wildman–Crippen LogP) is 4.13. The number of rotatable bonds is 4. The molecule has 1 amide bonds. The van der Waals surface area contributed by atoms with Gasteiger partial charge in [-0.2, -0.15) is 0 Å². The van der Waals surface area contributed by atoms with Crippen molar-refractivity contribution in [1.29, 1.82) is 0 Å². The first kappa shape index (κ1) is 19.6. The Morgan fingerprint density at radius 1 is 1.07 bits per heavy atom. The van der Waals surface area contributed by atoms with E-state index in [0.717, 1.165) is 37.1 Å². The Kier molecular flexibility index (Phi) is 5.62. The second-order valence-corrected chi connectivity index (χ2v) is 7.63. The predicted molar refractivity (Wildman–Crippen MR) is 113 cm³/mol. The number of benzene rings is 2. The monoisotopic (exact) mass is 411 g/mol. The third-order valence-electron chi connectivity index (χ3n) is 5.19. The van der Waals surface area contributed by atoms with Crippen LogP contribution in [0.5, 0.6) is 5.88 Å². The van der Waals surface area contributed by atoms with Crippen LogP contribution in [0.4, 0.5) is 5.69 Å². The van der Waals surface area contributed by atoms with Crippen molar-refractivity contribution in [2.75, 3.05) is 33.2 Å². The van der Waals surface area contributed by atoms with Crippen molar-refractivity contribution in [3.05, 3.63) is 59.1 Å². The second kappa shape index (κ2) is 8.32. The molecule has 1 aliphatic rings. The van der Waals surface area contributed by atoms with Crippen molar-refractivity contribution >= 4 is 34.1 Å². The lowest BCUT2D eigenvalue weighted by Gasteiger charge is -2.32. The standard InChI is InChI=1S/C21H22ClN5O2/c1-25-10-12-26(13-11-25)14-27-18-5-3-2-4-17(18)19(21(27)29)23-24-20(28)15-6-8-16(22)9-7-15/h2-9,29H,10-14H2,1H3. The molecule has 0 spiro atoms. The van der Waals surface area contributed by atoms with Gasteiger partial charge in [0.2, 0.25) is 5.88 Å².